The molecule has 8 heteroatoms. The standard InChI is InChI=1S/C34H39N5O3/c1-34(2)41-30-26(11-8-18-35-19-16-24-9-6-5-7-10-24)21-29(31(30)42-34)39-20-17-28-32(36-23-37-33(28)39)38(3)22-25-12-14-27(40-4)15-13-25/h5-7,9-10,12-15,17,20,23,26,29-31,35H,16,18-19,21-22H2,1-4H3/t26-,29+,30+,31-/m0/s1. The number of nitrogens with one attached hydrogen (secondary N) is 1. The van der Waals surface area contributed by atoms with Crippen LogP contribution in [0.25, 0.3) is 11.0 Å². The Bertz CT molecular complexity index is 1560. The highest BCUT2D eigenvalue weighted by Gasteiger charge is 2.54. The molecule has 3 heterocycles. The molecule has 2 aromatic heterocycles. The molecule has 4 aromatic rings. The van der Waals surface area contributed by atoms with Crippen molar-refractivity contribution in [2.45, 2.75) is 57.3 Å². The molecule has 6 rings (SSSR count). The Balaban J connectivity index is 1.17. The predicted molar refractivity (Wildman–Crippen MR) is 164 cm³/mol. The molecule has 42 heavy (non-hydrogen) atoms. The van der Waals surface area contributed by atoms with Gasteiger partial charge in [0, 0.05) is 26.3 Å². The largest absolute Gasteiger partial charge is 0.497 e. The molecular weight excluding hydrogens is 526 g/mol. The van der Waals surface area contributed by atoms with E-state index in [2.05, 4.69) is 87.3 Å². The Kier molecular flexibility index (Phi) is 8.16. The number of rotatable bonds is 9. The Hall–Kier alpha value is -3.90. The van der Waals surface area contributed by atoms with Crippen molar-refractivity contribution in [1.29, 1.82) is 0 Å². The summed E-state index contributed by atoms with van der Waals surface area (Å²) in [5, 5.41) is 4.47. The first-order chi connectivity index (χ1) is 20.4. The molecule has 0 bridgehead atoms. The SMILES string of the molecule is COc1ccc(CN(C)c2ncnc3c2ccn3[C@@H]2C[C@H](C#CCNCCc3ccccc3)[C@H]3OC(C)(C)O[C@H]32)cc1. The number of methoxy groups -OCH3 is 1. The molecule has 2 aromatic carbocycles. The Morgan fingerprint density at radius 1 is 1.02 bits per heavy atom. The monoisotopic (exact) mass is 565 g/mol. The van der Waals surface area contributed by atoms with Crippen molar-refractivity contribution in [2.75, 3.05) is 32.1 Å². The van der Waals surface area contributed by atoms with Crippen molar-refractivity contribution < 1.29 is 14.2 Å². The van der Waals surface area contributed by atoms with E-state index in [1.54, 1.807) is 13.4 Å². The van der Waals surface area contributed by atoms with Crippen molar-refractivity contribution in [1.82, 2.24) is 19.9 Å². The number of hydrogen-bond donors (Lipinski definition) is 1. The molecule has 1 N–H and O–H groups in total. The molecule has 1 aliphatic heterocycles. The lowest BCUT2D eigenvalue weighted by Gasteiger charge is -2.24. The van der Waals surface area contributed by atoms with E-state index < -0.39 is 5.79 Å². The second kappa shape index (κ2) is 12.1. The van der Waals surface area contributed by atoms with E-state index in [-0.39, 0.29) is 24.2 Å². The lowest BCUT2D eigenvalue weighted by atomic mass is 10.1. The summed E-state index contributed by atoms with van der Waals surface area (Å²) in [5.74, 6) is 8.05. The van der Waals surface area contributed by atoms with Crippen LogP contribution in [-0.4, -0.2) is 59.8 Å². The number of aromatic nitrogens is 3. The van der Waals surface area contributed by atoms with E-state index in [1.807, 2.05) is 32.0 Å². The molecule has 0 amide bonds. The molecule has 1 saturated carbocycles. The highest BCUT2D eigenvalue weighted by atomic mass is 16.8. The summed E-state index contributed by atoms with van der Waals surface area (Å²) < 4.78 is 20.4. The normalized spacial score (nSPS) is 22.5. The molecule has 2 aliphatic rings. The van der Waals surface area contributed by atoms with Crippen LogP contribution in [0.3, 0.4) is 0 Å². The zero-order valence-corrected chi connectivity index (χ0v) is 24.8. The highest BCUT2D eigenvalue weighted by molar-refractivity contribution is 5.87. The summed E-state index contributed by atoms with van der Waals surface area (Å²) in [6.07, 6.45) is 5.41. The average Bonchev–Trinajstić information content (AvgIpc) is 3.66. The molecule has 0 spiro atoms. The summed E-state index contributed by atoms with van der Waals surface area (Å²) in [5.41, 5.74) is 3.41. The fourth-order valence-electron chi connectivity index (χ4n) is 6.19. The van der Waals surface area contributed by atoms with Crippen LogP contribution < -0.4 is 15.0 Å². The van der Waals surface area contributed by atoms with Gasteiger partial charge in [-0.15, -0.1) is 0 Å². The second-order valence-electron chi connectivity index (χ2n) is 11.6. The van der Waals surface area contributed by atoms with Crippen LogP contribution in [0.2, 0.25) is 0 Å². The van der Waals surface area contributed by atoms with Crippen LogP contribution in [0.1, 0.15) is 37.4 Å². The maximum atomic E-state index is 6.47. The number of hydrogen-bond acceptors (Lipinski definition) is 7. The minimum absolute atomic E-state index is 0.0641. The molecule has 1 saturated heterocycles. The van der Waals surface area contributed by atoms with Gasteiger partial charge in [-0.25, -0.2) is 9.97 Å². The van der Waals surface area contributed by atoms with E-state index in [0.29, 0.717) is 6.54 Å². The second-order valence-corrected chi connectivity index (χ2v) is 11.6. The smallest absolute Gasteiger partial charge is 0.163 e. The van der Waals surface area contributed by atoms with E-state index in [4.69, 9.17) is 19.2 Å². The number of benzene rings is 2. The predicted octanol–water partition coefficient (Wildman–Crippen LogP) is 4.99. The molecule has 4 atom stereocenters. The van der Waals surface area contributed by atoms with Gasteiger partial charge in [0.25, 0.3) is 0 Å². The summed E-state index contributed by atoms with van der Waals surface area (Å²) >= 11 is 0. The summed E-state index contributed by atoms with van der Waals surface area (Å²) in [6.45, 7) is 6.24. The molecule has 8 nitrogen and oxygen atoms in total. The van der Waals surface area contributed by atoms with Gasteiger partial charge in [-0.05, 0) is 56.0 Å². The Labute approximate surface area is 248 Å². The van der Waals surface area contributed by atoms with Gasteiger partial charge < -0.3 is 29.0 Å². The van der Waals surface area contributed by atoms with Crippen molar-refractivity contribution in [2.24, 2.45) is 5.92 Å². The lowest BCUT2D eigenvalue weighted by molar-refractivity contribution is -0.158. The van der Waals surface area contributed by atoms with Crippen LogP contribution in [-0.2, 0) is 22.4 Å². The van der Waals surface area contributed by atoms with E-state index in [1.165, 1.54) is 11.1 Å². The van der Waals surface area contributed by atoms with E-state index in [0.717, 1.165) is 48.5 Å². The van der Waals surface area contributed by atoms with Crippen LogP contribution in [0, 0.1) is 17.8 Å². The minimum atomic E-state index is -0.649. The third kappa shape index (κ3) is 6.00. The Morgan fingerprint density at radius 2 is 1.81 bits per heavy atom. The van der Waals surface area contributed by atoms with Crippen molar-refractivity contribution >= 4 is 16.9 Å². The molecule has 1 aliphatic carbocycles. The molecule has 0 radical (unpaired) electrons. The first-order valence-corrected chi connectivity index (χ1v) is 14.7. The van der Waals surface area contributed by atoms with Gasteiger partial charge in [0.15, 0.2) is 5.79 Å². The minimum Gasteiger partial charge on any atom is -0.497 e. The molecule has 0 unspecified atom stereocenters. The topological polar surface area (TPSA) is 73.7 Å². The maximum absolute atomic E-state index is 6.47. The number of nitrogens with zero attached hydrogens (tertiary/aromatic N) is 4. The maximum Gasteiger partial charge on any atom is 0.163 e. The molecular formula is C34H39N5O3. The third-order valence-corrected chi connectivity index (χ3v) is 8.15. The van der Waals surface area contributed by atoms with Crippen LogP contribution in [0.5, 0.6) is 5.75 Å². The number of ether oxygens (including phenoxy) is 3. The zero-order chi connectivity index (χ0) is 29.1. The van der Waals surface area contributed by atoms with Crippen molar-refractivity contribution in [3.63, 3.8) is 0 Å². The fourth-order valence-corrected chi connectivity index (χ4v) is 6.19. The molecule has 218 valence electrons. The van der Waals surface area contributed by atoms with Crippen LogP contribution in [0.15, 0.2) is 73.2 Å². The van der Waals surface area contributed by atoms with Crippen molar-refractivity contribution in [3.8, 4) is 17.6 Å². The molecule has 2 fully saturated rings. The first-order valence-electron chi connectivity index (χ1n) is 14.7. The zero-order valence-electron chi connectivity index (χ0n) is 24.8. The summed E-state index contributed by atoms with van der Waals surface area (Å²) in [6, 6.07) is 20.8. The van der Waals surface area contributed by atoms with Gasteiger partial charge in [-0.3, -0.25) is 0 Å². The van der Waals surface area contributed by atoms with Gasteiger partial charge in [0.2, 0.25) is 0 Å². The third-order valence-electron chi connectivity index (χ3n) is 8.15. The summed E-state index contributed by atoms with van der Waals surface area (Å²) in [7, 11) is 3.74. The fraction of sp³-hybridized carbons (Fsp3) is 0.412. The summed E-state index contributed by atoms with van der Waals surface area (Å²) in [4.78, 5) is 11.5. The van der Waals surface area contributed by atoms with Crippen molar-refractivity contribution in [3.05, 3.63) is 84.3 Å². The van der Waals surface area contributed by atoms with Crippen LogP contribution in [0.4, 0.5) is 5.82 Å². The first kappa shape index (κ1) is 28.2. The van der Waals surface area contributed by atoms with Gasteiger partial charge in [0.1, 0.15) is 35.7 Å². The van der Waals surface area contributed by atoms with Gasteiger partial charge in [-0.2, -0.15) is 0 Å². The number of fused-ring (bicyclic) bond motifs is 2. The highest BCUT2D eigenvalue weighted by Crippen LogP contribution is 2.47. The average molecular weight is 566 g/mol. The lowest BCUT2D eigenvalue weighted by Crippen LogP contribution is -2.27. The van der Waals surface area contributed by atoms with E-state index in [9.17, 15) is 0 Å². The Morgan fingerprint density at radius 3 is 2.60 bits per heavy atom. The quantitative estimate of drug-likeness (QED) is 0.226. The van der Waals surface area contributed by atoms with Gasteiger partial charge >= 0.3 is 0 Å². The van der Waals surface area contributed by atoms with E-state index >= 15 is 0 Å². The van der Waals surface area contributed by atoms with Gasteiger partial charge in [-0.1, -0.05) is 54.3 Å². The van der Waals surface area contributed by atoms with Crippen LogP contribution >= 0.6 is 0 Å². The number of anilines is 1. The van der Waals surface area contributed by atoms with Gasteiger partial charge in [0.05, 0.1) is 31.0 Å².